The third kappa shape index (κ3) is 8.87. The van der Waals surface area contributed by atoms with Gasteiger partial charge in [-0.2, -0.15) is 0 Å². The summed E-state index contributed by atoms with van der Waals surface area (Å²) in [5.74, 6) is 0.891. The third-order valence-corrected chi connectivity index (χ3v) is 7.58. The second-order valence-corrected chi connectivity index (χ2v) is 10.5. The number of nitrogens with zero attached hydrogens (tertiary/aromatic N) is 1. The molecule has 1 amide bonds. The molecule has 0 atom stereocenters. The Morgan fingerprint density at radius 3 is 2.68 bits per heavy atom. The largest absolute Gasteiger partial charge is 0.361 e. The highest BCUT2D eigenvalue weighted by atomic mass is 16.2. The summed E-state index contributed by atoms with van der Waals surface area (Å²) in [7, 11) is 0. The van der Waals surface area contributed by atoms with Gasteiger partial charge in [0.05, 0.1) is 0 Å². The molecule has 1 heterocycles. The number of rotatable bonds is 16. The average Bonchev–Trinajstić information content (AvgIpc) is 3.31. The van der Waals surface area contributed by atoms with Crippen molar-refractivity contribution in [2.45, 2.75) is 71.3 Å². The van der Waals surface area contributed by atoms with Gasteiger partial charge in [-0.05, 0) is 60.6 Å². The molecule has 3 aromatic rings. The van der Waals surface area contributed by atoms with E-state index in [1.165, 1.54) is 67.0 Å². The summed E-state index contributed by atoms with van der Waals surface area (Å²) < 4.78 is 0. The molecule has 2 aromatic carbocycles. The summed E-state index contributed by atoms with van der Waals surface area (Å²) in [6.45, 7) is 5.98. The minimum atomic E-state index is -0.127. The van der Waals surface area contributed by atoms with Gasteiger partial charge < -0.3 is 4.98 Å². The minimum absolute atomic E-state index is 0.127. The molecule has 1 fully saturated rings. The molecular formula is C32H44N4O. The summed E-state index contributed by atoms with van der Waals surface area (Å²) >= 11 is 0. The van der Waals surface area contributed by atoms with Crippen LogP contribution >= 0.6 is 0 Å². The Morgan fingerprint density at radius 1 is 1.05 bits per heavy atom. The molecule has 1 aliphatic rings. The van der Waals surface area contributed by atoms with Crippen molar-refractivity contribution in [3.05, 3.63) is 77.5 Å². The van der Waals surface area contributed by atoms with Gasteiger partial charge in [0.1, 0.15) is 0 Å². The minimum Gasteiger partial charge on any atom is -0.361 e. The summed E-state index contributed by atoms with van der Waals surface area (Å²) in [6, 6.07) is 17.2. The van der Waals surface area contributed by atoms with Crippen molar-refractivity contribution in [2.75, 3.05) is 19.6 Å². The number of hydrogen-bond donors (Lipinski definition) is 3. The van der Waals surface area contributed by atoms with Crippen molar-refractivity contribution in [3.63, 3.8) is 0 Å². The van der Waals surface area contributed by atoms with E-state index in [1.807, 2.05) is 6.08 Å². The van der Waals surface area contributed by atoms with Crippen molar-refractivity contribution in [1.29, 1.82) is 0 Å². The van der Waals surface area contributed by atoms with Gasteiger partial charge in [0.25, 0.3) is 5.91 Å². The Morgan fingerprint density at radius 2 is 1.89 bits per heavy atom. The van der Waals surface area contributed by atoms with E-state index in [0.29, 0.717) is 0 Å². The van der Waals surface area contributed by atoms with Crippen molar-refractivity contribution < 1.29 is 4.79 Å². The second-order valence-electron chi connectivity index (χ2n) is 10.5. The van der Waals surface area contributed by atoms with Gasteiger partial charge in [0.15, 0.2) is 0 Å². The van der Waals surface area contributed by atoms with Crippen molar-refractivity contribution in [3.8, 4) is 0 Å². The van der Waals surface area contributed by atoms with Crippen LogP contribution < -0.4 is 10.9 Å². The quantitative estimate of drug-likeness (QED) is 0.118. The number of aromatic nitrogens is 1. The molecular weight excluding hydrogens is 456 g/mol. The maximum Gasteiger partial charge on any atom is 0.258 e. The number of para-hydroxylation sites is 1. The number of amides is 1. The predicted molar refractivity (Wildman–Crippen MR) is 155 cm³/mol. The predicted octanol–water partition coefficient (Wildman–Crippen LogP) is 6.62. The Balaban J connectivity index is 1.30. The summed E-state index contributed by atoms with van der Waals surface area (Å²) in [4.78, 5) is 17.9. The number of benzene rings is 2. The zero-order valence-corrected chi connectivity index (χ0v) is 22.5. The van der Waals surface area contributed by atoms with Crippen LogP contribution in [-0.2, 0) is 17.8 Å². The lowest BCUT2D eigenvalue weighted by atomic mass is 9.82. The maximum atomic E-state index is 11.9. The summed E-state index contributed by atoms with van der Waals surface area (Å²) in [6.07, 6.45) is 17.4. The lowest BCUT2D eigenvalue weighted by Crippen LogP contribution is -2.36. The molecule has 0 aliphatic heterocycles. The topological polar surface area (TPSA) is 60.2 Å². The molecule has 5 heteroatoms. The highest BCUT2D eigenvalue weighted by Gasteiger charge is 2.16. The van der Waals surface area contributed by atoms with Gasteiger partial charge >= 0.3 is 0 Å². The fourth-order valence-electron chi connectivity index (χ4n) is 5.09. The van der Waals surface area contributed by atoms with E-state index in [1.54, 1.807) is 6.08 Å². The fourth-order valence-corrected chi connectivity index (χ4v) is 5.09. The van der Waals surface area contributed by atoms with Gasteiger partial charge in [-0.25, -0.2) is 5.43 Å². The van der Waals surface area contributed by atoms with Crippen LogP contribution in [0.4, 0.5) is 0 Å². The number of hydrazine groups is 1. The fraction of sp³-hybridized carbons (Fsp3) is 0.469. The van der Waals surface area contributed by atoms with E-state index in [-0.39, 0.29) is 5.91 Å². The molecule has 3 N–H and O–H groups in total. The standard InChI is InChI=1S/C32H44N4O/c1-2-21-34-35-32(37)19-18-27-14-16-28(17-15-27)25-36(22-7-3-4-9-26-10-8-11-26)23-20-29-24-33-31-13-6-5-12-30(29)31/h5-6,12-19,24,26,33-34H,2-4,7-11,20-23,25H2,1H3,(H,35,37)/b19-18+. The first-order valence-electron chi connectivity index (χ1n) is 14.3. The van der Waals surface area contributed by atoms with E-state index in [9.17, 15) is 4.79 Å². The van der Waals surface area contributed by atoms with Gasteiger partial charge in [0, 0.05) is 42.8 Å². The number of hydrogen-bond acceptors (Lipinski definition) is 3. The number of nitrogens with one attached hydrogen (secondary N) is 3. The molecule has 1 aromatic heterocycles. The molecule has 1 saturated carbocycles. The van der Waals surface area contributed by atoms with E-state index in [0.717, 1.165) is 50.5 Å². The first-order chi connectivity index (χ1) is 18.2. The van der Waals surface area contributed by atoms with Crippen LogP contribution in [0.15, 0.2) is 60.8 Å². The van der Waals surface area contributed by atoms with E-state index < -0.39 is 0 Å². The number of carbonyl (C=O) groups is 1. The number of aromatic amines is 1. The highest BCUT2D eigenvalue weighted by molar-refractivity contribution is 5.91. The van der Waals surface area contributed by atoms with Crippen LogP contribution in [0.1, 0.15) is 75.0 Å². The first-order valence-corrected chi connectivity index (χ1v) is 14.3. The van der Waals surface area contributed by atoms with Gasteiger partial charge in [-0.15, -0.1) is 0 Å². The lowest BCUT2D eigenvalue weighted by Gasteiger charge is -2.25. The van der Waals surface area contributed by atoms with Crippen LogP contribution in [0.25, 0.3) is 17.0 Å². The van der Waals surface area contributed by atoms with Crippen LogP contribution in [0.2, 0.25) is 0 Å². The molecule has 0 saturated heterocycles. The van der Waals surface area contributed by atoms with Crippen molar-refractivity contribution in [1.82, 2.24) is 20.7 Å². The highest BCUT2D eigenvalue weighted by Crippen LogP contribution is 2.31. The number of unbranched alkanes of at least 4 members (excludes halogenated alkanes) is 2. The smallest absolute Gasteiger partial charge is 0.258 e. The summed E-state index contributed by atoms with van der Waals surface area (Å²) in [5, 5.41) is 1.34. The van der Waals surface area contributed by atoms with Crippen LogP contribution in [-0.4, -0.2) is 35.4 Å². The third-order valence-electron chi connectivity index (χ3n) is 7.58. The van der Waals surface area contributed by atoms with Crippen LogP contribution in [0, 0.1) is 5.92 Å². The molecule has 5 nitrogen and oxygen atoms in total. The van der Waals surface area contributed by atoms with Crippen molar-refractivity contribution in [2.24, 2.45) is 5.92 Å². The molecule has 0 spiro atoms. The van der Waals surface area contributed by atoms with Crippen LogP contribution in [0.3, 0.4) is 0 Å². The molecule has 0 unspecified atom stereocenters. The molecule has 0 radical (unpaired) electrons. The number of H-pyrrole nitrogens is 1. The molecule has 4 rings (SSSR count). The zero-order valence-electron chi connectivity index (χ0n) is 22.5. The Bertz CT molecular complexity index is 1110. The second kappa shape index (κ2) is 14.7. The van der Waals surface area contributed by atoms with Gasteiger partial charge in [-0.1, -0.05) is 87.9 Å². The first kappa shape index (κ1) is 27.2. The average molecular weight is 501 g/mol. The van der Waals surface area contributed by atoms with Crippen molar-refractivity contribution >= 4 is 22.9 Å². The summed E-state index contributed by atoms with van der Waals surface area (Å²) in [5.41, 5.74) is 10.6. The van der Waals surface area contributed by atoms with E-state index in [2.05, 4.69) is 82.4 Å². The number of carbonyl (C=O) groups excluding carboxylic acids is 1. The van der Waals surface area contributed by atoms with E-state index >= 15 is 0 Å². The van der Waals surface area contributed by atoms with Gasteiger partial charge in [0.2, 0.25) is 0 Å². The lowest BCUT2D eigenvalue weighted by molar-refractivity contribution is -0.117. The van der Waals surface area contributed by atoms with E-state index in [4.69, 9.17) is 0 Å². The molecule has 198 valence electrons. The van der Waals surface area contributed by atoms with Gasteiger partial charge in [-0.3, -0.25) is 15.1 Å². The monoisotopic (exact) mass is 500 g/mol. The van der Waals surface area contributed by atoms with Crippen LogP contribution in [0.5, 0.6) is 0 Å². The zero-order chi connectivity index (χ0) is 25.7. The molecule has 1 aliphatic carbocycles. The molecule has 37 heavy (non-hydrogen) atoms. The normalized spacial score (nSPS) is 14.0. The maximum absolute atomic E-state index is 11.9. The SMILES string of the molecule is CCCNNC(=O)/C=C/c1ccc(CN(CCCCCC2CCC2)CCc2c[nH]c3ccccc23)cc1. The Hall–Kier alpha value is -2.89. The number of fused-ring (bicyclic) bond motifs is 1. The Kier molecular flexibility index (Phi) is 10.8. The Labute approximate surface area is 222 Å². The molecule has 0 bridgehead atoms.